The Morgan fingerprint density at radius 1 is 1.29 bits per heavy atom. The fourth-order valence-corrected chi connectivity index (χ4v) is 1.73. The quantitative estimate of drug-likeness (QED) is 0.872. The van der Waals surface area contributed by atoms with Gasteiger partial charge in [-0.15, -0.1) is 0 Å². The molecule has 0 aliphatic carbocycles. The average molecular weight is 229 g/mol. The summed E-state index contributed by atoms with van der Waals surface area (Å²) in [5.41, 5.74) is 8.97. The topological polar surface area (TPSA) is 61.0 Å². The molecule has 1 aromatic heterocycles. The van der Waals surface area contributed by atoms with Crippen LogP contribution in [0, 0.1) is 6.92 Å². The number of aryl methyl sites for hydroxylation is 1. The first-order valence-electron chi connectivity index (χ1n) is 5.38. The summed E-state index contributed by atoms with van der Waals surface area (Å²) in [6.07, 6.45) is 4.94. The molecule has 2 N–H and O–H groups in total. The molecule has 1 atom stereocenters. The minimum Gasteiger partial charge on any atom is -0.496 e. The summed E-state index contributed by atoms with van der Waals surface area (Å²) in [5.74, 6) is 0.772. The molecular weight excluding hydrogens is 214 g/mol. The summed E-state index contributed by atoms with van der Waals surface area (Å²) in [6.45, 7) is 2.02. The zero-order valence-electron chi connectivity index (χ0n) is 9.92. The van der Waals surface area contributed by atoms with Crippen molar-refractivity contribution in [1.29, 1.82) is 0 Å². The van der Waals surface area contributed by atoms with Gasteiger partial charge in [0.2, 0.25) is 0 Å². The lowest BCUT2D eigenvalue weighted by Gasteiger charge is -2.15. The number of benzene rings is 1. The first-order valence-corrected chi connectivity index (χ1v) is 5.38. The van der Waals surface area contributed by atoms with Gasteiger partial charge in [0.25, 0.3) is 0 Å². The largest absolute Gasteiger partial charge is 0.496 e. The van der Waals surface area contributed by atoms with Gasteiger partial charge in [-0.2, -0.15) is 0 Å². The van der Waals surface area contributed by atoms with E-state index in [0.717, 1.165) is 22.6 Å². The highest BCUT2D eigenvalue weighted by Gasteiger charge is 2.15. The van der Waals surface area contributed by atoms with E-state index >= 15 is 0 Å². The predicted octanol–water partition coefficient (Wildman–Crippen LogP) is 1.84. The second kappa shape index (κ2) is 4.93. The first-order chi connectivity index (χ1) is 8.22. The second-order valence-corrected chi connectivity index (χ2v) is 3.85. The monoisotopic (exact) mass is 229 g/mol. The molecule has 0 aliphatic rings. The van der Waals surface area contributed by atoms with Gasteiger partial charge in [-0.1, -0.05) is 17.7 Å². The molecule has 4 nitrogen and oxygen atoms in total. The van der Waals surface area contributed by atoms with Gasteiger partial charge in [0.1, 0.15) is 5.75 Å². The van der Waals surface area contributed by atoms with Gasteiger partial charge in [0.05, 0.1) is 25.0 Å². The Morgan fingerprint density at radius 3 is 2.76 bits per heavy atom. The van der Waals surface area contributed by atoms with E-state index in [4.69, 9.17) is 10.5 Å². The van der Waals surface area contributed by atoms with Crippen LogP contribution in [0.3, 0.4) is 0 Å². The summed E-state index contributed by atoms with van der Waals surface area (Å²) in [7, 11) is 1.64. The third-order valence-electron chi connectivity index (χ3n) is 2.62. The van der Waals surface area contributed by atoms with Crippen LogP contribution in [0.5, 0.6) is 5.75 Å². The van der Waals surface area contributed by atoms with Crippen LogP contribution in [-0.2, 0) is 0 Å². The Labute approximate surface area is 100 Å². The smallest absolute Gasteiger partial charge is 0.124 e. The summed E-state index contributed by atoms with van der Waals surface area (Å²) >= 11 is 0. The Morgan fingerprint density at radius 2 is 2.12 bits per heavy atom. The minimum absolute atomic E-state index is 0.321. The van der Waals surface area contributed by atoms with Crippen molar-refractivity contribution in [3.63, 3.8) is 0 Å². The summed E-state index contributed by atoms with van der Waals surface area (Å²) < 4.78 is 5.31. The average Bonchev–Trinajstić information content (AvgIpc) is 2.39. The standard InChI is InChI=1S/C13H15N3O/c1-9-3-4-12(17-2)10(7-9)13(14)11-8-15-5-6-16-11/h3-8,13H,14H2,1-2H3. The van der Waals surface area contributed by atoms with Crippen molar-refractivity contribution in [2.75, 3.05) is 7.11 Å². The lowest BCUT2D eigenvalue weighted by atomic mass is 10.0. The van der Waals surface area contributed by atoms with E-state index in [-0.39, 0.29) is 6.04 Å². The van der Waals surface area contributed by atoms with Crippen LogP contribution in [0.4, 0.5) is 0 Å². The molecule has 88 valence electrons. The van der Waals surface area contributed by atoms with Crippen molar-refractivity contribution < 1.29 is 4.74 Å². The van der Waals surface area contributed by atoms with Gasteiger partial charge >= 0.3 is 0 Å². The fraction of sp³-hybridized carbons (Fsp3) is 0.231. The highest BCUT2D eigenvalue weighted by atomic mass is 16.5. The van der Waals surface area contributed by atoms with Gasteiger partial charge in [0.15, 0.2) is 0 Å². The number of rotatable bonds is 3. The SMILES string of the molecule is COc1ccc(C)cc1C(N)c1cnccn1. The highest BCUT2D eigenvalue weighted by molar-refractivity contribution is 5.41. The number of methoxy groups -OCH3 is 1. The van der Waals surface area contributed by atoms with Gasteiger partial charge in [0, 0.05) is 18.0 Å². The van der Waals surface area contributed by atoms with Crippen LogP contribution in [0.2, 0.25) is 0 Å². The molecule has 0 saturated carbocycles. The normalized spacial score (nSPS) is 12.2. The molecule has 0 fully saturated rings. The molecule has 0 saturated heterocycles. The lowest BCUT2D eigenvalue weighted by Crippen LogP contribution is -2.15. The van der Waals surface area contributed by atoms with E-state index in [1.54, 1.807) is 25.7 Å². The molecule has 17 heavy (non-hydrogen) atoms. The number of aromatic nitrogens is 2. The highest BCUT2D eigenvalue weighted by Crippen LogP contribution is 2.27. The molecule has 1 aromatic carbocycles. The van der Waals surface area contributed by atoms with Crippen LogP contribution in [0.1, 0.15) is 22.9 Å². The Balaban J connectivity index is 2.43. The van der Waals surface area contributed by atoms with E-state index in [1.807, 2.05) is 25.1 Å². The summed E-state index contributed by atoms with van der Waals surface area (Å²) in [5, 5.41) is 0. The van der Waals surface area contributed by atoms with Crippen molar-refractivity contribution in [3.8, 4) is 5.75 Å². The summed E-state index contributed by atoms with van der Waals surface area (Å²) in [4.78, 5) is 8.24. The molecule has 1 heterocycles. The Kier molecular flexibility index (Phi) is 3.35. The number of nitrogens with two attached hydrogens (primary N) is 1. The van der Waals surface area contributed by atoms with Gasteiger partial charge in [-0.3, -0.25) is 9.97 Å². The number of hydrogen-bond donors (Lipinski definition) is 1. The molecule has 0 amide bonds. The molecule has 4 heteroatoms. The number of nitrogens with zero attached hydrogens (tertiary/aromatic N) is 2. The van der Waals surface area contributed by atoms with Crippen LogP contribution < -0.4 is 10.5 Å². The van der Waals surface area contributed by atoms with Crippen LogP contribution >= 0.6 is 0 Å². The van der Waals surface area contributed by atoms with E-state index < -0.39 is 0 Å². The van der Waals surface area contributed by atoms with E-state index in [2.05, 4.69) is 9.97 Å². The molecule has 2 aromatic rings. The maximum atomic E-state index is 6.18. The van der Waals surface area contributed by atoms with E-state index in [1.165, 1.54) is 0 Å². The van der Waals surface area contributed by atoms with Crippen molar-refractivity contribution in [2.45, 2.75) is 13.0 Å². The Bertz CT molecular complexity index is 499. The van der Waals surface area contributed by atoms with Crippen LogP contribution in [0.15, 0.2) is 36.8 Å². The molecule has 0 spiro atoms. The van der Waals surface area contributed by atoms with Crippen LogP contribution in [-0.4, -0.2) is 17.1 Å². The maximum Gasteiger partial charge on any atom is 0.124 e. The molecule has 0 radical (unpaired) electrons. The van der Waals surface area contributed by atoms with Gasteiger partial charge in [-0.25, -0.2) is 0 Å². The fourth-order valence-electron chi connectivity index (χ4n) is 1.73. The molecule has 2 rings (SSSR count). The van der Waals surface area contributed by atoms with E-state index in [9.17, 15) is 0 Å². The van der Waals surface area contributed by atoms with Gasteiger partial charge in [-0.05, 0) is 13.0 Å². The van der Waals surface area contributed by atoms with Crippen LogP contribution in [0.25, 0.3) is 0 Å². The minimum atomic E-state index is -0.321. The molecule has 1 unspecified atom stereocenters. The molecule has 0 bridgehead atoms. The van der Waals surface area contributed by atoms with Crippen molar-refractivity contribution in [3.05, 3.63) is 53.6 Å². The second-order valence-electron chi connectivity index (χ2n) is 3.85. The Hall–Kier alpha value is -1.94. The maximum absolute atomic E-state index is 6.18. The van der Waals surface area contributed by atoms with Gasteiger partial charge < -0.3 is 10.5 Å². The third-order valence-corrected chi connectivity index (χ3v) is 2.62. The molecule has 0 aliphatic heterocycles. The first kappa shape index (κ1) is 11.5. The molecular formula is C13H15N3O. The predicted molar refractivity (Wildman–Crippen MR) is 65.8 cm³/mol. The van der Waals surface area contributed by atoms with Crippen molar-refractivity contribution in [2.24, 2.45) is 5.73 Å². The zero-order chi connectivity index (χ0) is 12.3. The van der Waals surface area contributed by atoms with E-state index in [0.29, 0.717) is 0 Å². The number of ether oxygens (including phenoxy) is 1. The summed E-state index contributed by atoms with van der Waals surface area (Å²) in [6, 6.07) is 5.60. The zero-order valence-corrected chi connectivity index (χ0v) is 9.92. The number of hydrogen-bond acceptors (Lipinski definition) is 4. The van der Waals surface area contributed by atoms with Crippen molar-refractivity contribution in [1.82, 2.24) is 9.97 Å². The lowest BCUT2D eigenvalue weighted by molar-refractivity contribution is 0.407. The third kappa shape index (κ3) is 2.42. The van der Waals surface area contributed by atoms with Crippen molar-refractivity contribution >= 4 is 0 Å².